The van der Waals surface area contributed by atoms with Gasteiger partial charge in [0.05, 0.1) is 42.5 Å². The molecule has 7 amide bonds. The van der Waals surface area contributed by atoms with Crippen molar-refractivity contribution in [1.29, 1.82) is 0 Å². The molecule has 2 fully saturated rings. The number of nitrogens with one attached hydrogen (secondary N) is 2. The van der Waals surface area contributed by atoms with Gasteiger partial charge in [0.15, 0.2) is 0 Å². The molecule has 1 aromatic rings. The monoisotopic (exact) mass is 1110 g/mol. The summed E-state index contributed by atoms with van der Waals surface area (Å²) < 4.78 is 12.1. The Labute approximate surface area is 474 Å². The Bertz CT molecular complexity index is 2150. The first kappa shape index (κ1) is 68.4. The fourth-order valence-electron chi connectivity index (χ4n) is 12.2. The number of hydrogen-bond donors (Lipinski definition) is 3. The maximum absolute atomic E-state index is 14.7. The first-order valence-electron chi connectivity index (χ1n) is 29.9. The zero-order valence-electron chi connectivity index (χ0n) is 51.4. The van der Waals surface area contributed by atoms with E-state index in [0.717, 1.165) is 44.1 Å². The zero-order valence-corrected chi connectivity index (χ0v) is 51.4. The summed E-state index contributed by atoms with van der Waals surface area (Å²) in [5.41, 5.74) is 1.76. The van der Waals surface area contributed by atoms with Crippen LogP contribution in [0, 0.1) is 35.0 Å². The fraction of sp³-hybridized carbons (Fsp3) is 0.774. The number of benzene rings is 1. The maximum Gasteiger partial charge on any atom is 0.326 e. The van der Waals surface area contributed by atoms with Crippen molar-refractivity contribution >= 4 is 47.3 Å². The van der Waals surface area contributed by atoms with Gasteiger partial charge >= 0.3 is 5.97 Å². The van der Waals surface area contributed by atoms with Crippen LogP contribution in [0.2, 0.25) is 0 Å². The maximum atomic E-state index is 14.7. The van der Waals surface area contributed by atoms with Gasteiger partial charge in [0.1, 0.15) is 18.1 Å². The minimum absolute atomic E-state index is 0.0819. The number of amides is 7. The van der Waals surface area contributed by atoms with E-state index in [4.69, 9.17) is 9.47 Å². The van der Waals surface area contributed by atoms with Crippen molar-refractivity contribution < 1.29 is 52.9 Å². The average Bonchev–Trinajstić information content (AvgIpc) is 4.09. The van der Waals surface area contributed by atoms with E-state index < -0.39 is 66.1 Å². The number of carboxylic acids is 1. The van der Waals surface area contributed by atoms with E-state index in [1.165, 1.54) is 29.6 Å². The van der Waals surface area contributed by atoms with Crippen LogP contribution in [0.4, 0.5) is 0 Å². The van der Waals surface area contributed by atoms with Crippen LogP contribution >= 0.6 is 0 Å². The summed E-state index contributed by atoms with van der Waals surface area (Å²) in [5.74, 6) is -4.63. The van der Waals surface area contributed by atoms with Crippen molar-refractivity contribution in [3.8, 4) is 0 Å². The number of aliphatic carboxylic acids is 1. The molecule has 0 bridgehead atoms. The number of imide groups is 1. The highest BCUT2D eigenvalue weighted by atomic mass is 16.5. The van der Waals surface area contributed by atoms with Gasteiger partial charge in [-0.15, -0.1) is 0 Å². The van der Waals surface area contributed by atoms with Crippen molar-refractivity contribution in [2.45, 2.75) is 234 Å². The molecule has 11 atom stereocenters. The summed E-state index contributed by atoms with van der Waals surface area (Å²) in [6.45, 7) is 24.4. The lowest BCUT2D eigenvalue weighted by Gasteiger charge is -2.41. The lowest BCUT2D eigenvalue weighted by Crippen LogP contribution is -2.60. The van der Waals surface area contributed by atoms with Crippen molar-refractivity contribution in [3.63, 3.8) is 0 Å². The van der Waals surface area contributed by atoms with E-state index in [9.17, 15) is 43.5 Å². The molecule has 0 saturated carbocycles. The SMILES string of the molecule is CCCCC(C)(C)C1CC(=O)N(CCCCCC(=O)N(C)[C@H](C(=O)N[C@H](C(=O)N(C)[C@@H]([C@@H](C)CC)[C@@H](CC(=O)N2CCC[C@H]2[C@H](OC)[C@@H](C)C(=O)N[C@@H](Cc2ccc(C(CC)CCC)cc2)C(=O)O)OC)C(C)C)C(C)C)C1=O. The highest BCUT2D eigenvalue weighted by Gasteiger charge is 2.47. The van der Waals surface area contributed by atoms with Crippen molar-refractivity contribution in [2.75, 3.05) is 41.4 Å². The first-order valence-corrected chi connectivity index (χ1v) is 29.9. The van der Waals surface area contributed by atoms with Crippen LogP contribution in [0.3, 0.4) is 0 Å². The lowest BCUT2D eigenvalue weighted by molar-refractivity contribution is -0.149. The third kappa shape index (κ3) is 18.6. The molecular weight excluding hydrogens is 1000 g/mol. The minimum atomic E-state index is -1.17. The Morgan fingerprint density at radius 1 is 0.810 bits per heavy atom. The molecule has 2 saturated heterocycles. The topological polar surface area (TPSA) is 212 Å². The Hall–Kier alpha value is -4.90. The molecule has 2 heterocycles. The molecule has 17 nitrogen and oxygen atoms in total. The van der Waals surface area contributed by atoms with Crippen LogP contribution in [-0.2, 0) is 54.3 Å². The van der Waals surface area contributed by atoms with Gasteiger partial charge in [0.2, 0.25) is 41.4 Å². The number of rotatable bonds is 35. The number of carbonyl (C=O) groups excluding carboxylic acids is 7. The molecular formula is C62H104N6O11. The third-order valence-corrected chi connectivity index (χ3v) is 17.5. The van der Waals surface area contributed by atoms with Crippen LogP contribution in [-0.4, -0.2) is 156 Å². The highest BCUT2D eigenvalue weighted by Crippen LogP contribution is 2.40. The third-order valence-electron chi connectivity index (χ3n) is 17.5. The number of carbonyl (C=O) groups is 8. The van der Waals surface area contributed by atoms with Crippen LogP contribution in [0.25, 0.3) is 0 Å². The quantitative estimate of drug-likeness (QED) is 0.0432. The van der Waals surface area contributed by atoms with E-state index in [-0.39, 0.29) is 84.3 Å². The van der Waals surface area contributed by atoms with Crippen LogP contribution < -0.4 is 10.6 Å². The molecule has 3 N–H and O–H groups in total. The van der Waals surface area contributed by atoms with E-state index in [1.54, 1.807) is 30.8 Å². The normalized spacial score (nSPS) is 19.4. The zero-order chi connectivity index (χ0) is 59.5. The van der Waals surface area contributed by atoms with Crippen LogP contribution in [0.15, 0.2) is 24.3 Å². The van der Waals surface area contributed by atoms with Crippen molar-refractivity contribution in [3.05, 3.63) is 35.4 Å². The summed E-state index contributed by atoms with van der Waals surface area (Å²) in [6.07, 6.45) is 8.60. The summed E-state index contributed by atoms with van der Waals surface area (Å²) in [4.78, 5) is 116. The molecule has 17 heteroatoms. The lowest BCUT2D eigenvalue weighted by atomic mass is 9.74. The molecule has 3 rings (SSSR count). The smallest absolute Gasteiger partial charge is 0.326 e. The molecule has 79 heavy (non-hydrogen) atoms. The number of hydrogen-bond acceptors (Lipinski definition) is 10. The van der Waals surface area contributed by atoms with Crippen LogP contribution in [0.5, 0.6) is 0 Å². The molecule has 1 aromatic carbocycles. The Morgan fingerprint density at radius 2 is 1.47 bits per heavy atom. The second-order valence-corrected chi connectivity index (χ2v) is 24.3. The second kappa shape index (κ2) is 32.5. The van der Waals surface area contributed by atoms with E-state index >= 15 is 0 Å². The molecule has 0 radical (unpaired) electrons. The second-order valence-electron chi connectivity index (χ2n) is 24.3. The predicted molar refractivity (Wildman–Crippen MR) is 309 cm³/mol. The number of methoxy groups -OCH3 is 2. The number of likely N-dealkylation sites (N-methyl/N-ethyl adjacent to an activating group) is 2. The number of likely N-dealkylation sites (tertiary alicyclic amines) is 2. The Morgan fingerprint density at radius 3 is 2.01 bits per heavy atom. The molecule has 2 aliphatic rings. The number of unbranched alkanes of at least 4 members (excludes halogenated alkanes) is 3. The molecule has 2 aliphatic heterocycles. The van der Waals surface area contributed by atoms with Crippen molar-refractivity contribution in [1.82, 2.24) is 30.2 Å². The molecule has 2 unspecified atom stereocenters. The van der Waals surface area contributed by atoms with E-state index in [2.05, 4.69) is 45.3 Å². The summed E-state index contributed by atoms with van der Waals surface area (Å²) >= 11 is 0. The Kier molecular flexibility index (Phi) is 28.1. The van der Waals surface area contributed by atoms with Gasteiger partial charge in [-0.2, -0.15) is 0 Å². The Balaban J connectivity index is 1.69. The predicted octanol–water partition coefficient (Wildman–Crippen LogP) is 8.79. The highest BCUT2D eigenvalue weighted by molar-refractivity contribution is 6.04. The van der Waals surface area contributed by atoms with Gasteiger partial charge in [-0.05, 0) is 85.2 Å². The van der Waals surface area contributed by atoms with Gasteiger partial charge in [-0.1, -0.05) is 139 Å². The number of ether oxygens (including phenoxy) is 2. The summed E-state index contributed by atoms with van der Waals surface area (Å²) in [5, 5.41) is 16.0. The van der Waals surface area contributed by atoms with Gasteiger partial charge in [-0.3, -0.25) is 38.5 Å². The molecule has 0 spiro atoms. The molecule has 448 valence electrons. The largest absolute Gasteiger partial charge is 0.480 e. The summed E-state index contributed by atoms with van der Waals surface area (Å²) in [6, 6.07) is 3.86. The molecule has 0 aliphatic carbocycles. The standard InChI is InChI=1S/C62H104N6O11/c1-17-21-33-62(11,12)46-37-51(70)68(59(46)74)34-24-22-23-28-50(69)65(13)54(40(7)8)58(73)64-53(39(5)6)60(75)66(14)55(41(9)19-3)49(78-15)38-52(71)67-35-25-27-48(67)56(79-16)42(10)57(72)63-47(61(76)77)36-43-29-31-45(32-30-43)44(20-4)26-18-2/h29-32,39-42,44,46-49,53-56H,17-28,33-38H2,1-16H3,(H,63,72)(H,64,73)(H,76,77)/t41-,42+,44?,46?,47-,48-,49+,53-,54-,55-,56+/m0/s1. The van der Waals surface area contributed by atoms with Gasteiger partial charge in [0, 0.05) is 60.7 Å². The summed E-state index contributed by atoms with van der Waals surface area (Å²) in [7, 11) is 6.28. The van der Waals surface area contributed by atoms with Gasteiger partial charge in [0.25, 0.3) is 0 Å². The molecule has 0 aromatic heterocycles. The van der Waals surface area contributed by atoms with Crippen molar-refractivity contribution in [2.24, 2.45) is 35.0 Å². The number of carboxylic acid groups (broad SMARTS) is 1. The fourth-order valence-corrected chi connectivity index (χ4v) is 12.2. The van der Waals surface area contributed by atoms with E-state index in [0.29, 0.717) is 57.5 Å². The van der Waals surface area contributed by atoms with Crippen LogP contribution in [0.1, 0.15) is 196 Å². The van der Waals surface area contributed by atoms with Gasteiger partial charge in [-0.25, -0.2) is 4.79 Å². The minimum Gasteiger partial charge on any atom is -0.480 e. The first-order chi connectivity index (χ1) is 37.3. The van der Waals surface area contributed by atoms with E-state index in [1.807, 2.05) is 65.8 Å². The average molecular weight is 1110 g/mol. The van der Waals surface area contributed by atoms with Gasteiger partial charge < -0.3 is 39.9 Å². The number of nitrogens with zero attached hydrogens (tertiary/aromatic N) is 4.